The van der Waals surface area contributed by atoms with Gasteiger partial charge in [-0.05, 0) is 56.6 Å². The fourth-order valence-corrected chi connectivity index (χ4v) is 3.27. The Morgan fingerprint density at radius 1 is 1.22 bits per heavy atom. The highest BCUT2D eigenvalue weighted by Gasteiger charge is 2.17. The molecule has 0 saturated heterocycles. The maximum absolute atomic E-state index is 12.1. The largest absolute Gasteiger partial charge is 0.308 e. The zero-order valence-corrected chi connectivity index (χ0v) is 11.8. The molecule has 2 rings (SSSR count). The molecular formula is C13H20N2O2S. The summed E-state index contributed by atoms with van der Waals surface area (Å²) in [6, 6.07) is 5.48. The molecule has 1 aliphatic rings. The van der Waals surface area contributed by atoms with Crippen molar-refractivity contribution < 1.29 is 8.42 Å². The van der Waals surface area contributed by atoms with E-state index >= 15 is 0 Å². The summed E-state index contributed by atoms with van der Waals surface area (Å²) < 4.78 is 26.8. The van der Waals surface area contributed by atoms with Crippen LogP contribution in [0.3, 0.4) is 0 Å². The van der Waals surface area contributed by atoms with Gasteiger partial charge in [-0.15, -0.1) is 0 Å². The Morgan fingerprint density at radius 2 is 1.94 bits per heavy atom. The fourth-order valence-electron chi connectivity index (χ4n) is 2.20. The minimum atomic E-state index is -3.35. The predicted octanol–water partition coefficient (Wildman–Crippen LogP) is 1.02. The molecule has 0 bridgehead atoms. The van der Waals surface area contributed by atoms with E-state index in [0.29, 0.717) is 18.0 Å². The van der Waals surface area contributed by atoms with Crippen LogP contribution in [0, 0.1) is 0 Å². The molecular weight excluding hydrogens is 248 g/mol. The highest BCUT2D eigenvalue weighted by molar-refractivity contribution is 7.89. The normalized spacial score (nSPS) is 15.1. The van der Waals surface area contributed by atoms with Crippen molar-refractivity contribution in [3.05, 3.63) is 29.3 Å². The van der Waals surface area contributed by atoms with Gasteiger partial charge in [-0.2, -0.15) is 0 Å². The van der Waals surface area contributed by atoms with E-state index in [9.17, 15) is 8.42 Å². The van der Waals surface area contributed by atoms with Crippen LogP contribution >= 0.6 is 0 Å². The molecule has 100 valence electrons. The summed E-state index contributed by atoms with van der Waals surface area (Å²) in [6.45, 7) is 1.14. The van der Waals surface area contributed by atoms with Crippen molar-refractivity contribution in [1.29, 1.82) is 0 Å². The first-order valence-electron chi connectivity index (χ1n) is 6.25. The van der Waals surface area contributed by atoms with E-state index in [1.165, 1.54) is 11.1 Å². The second-order valence-corrected chi connectivity index (χ2v) is 6.75. The van der Waals surface area contributed by atoms with Gasteiger partial charge in [-0.1, -0.05) is 6.07 Å². The molecule has 0 spiro atoms. The number of likely N-dealkylation sites (N-methyl/N-ethyl adjacent to an activating group) is 1. The van der Waals surface area contributed by atoms with Crippen LogP contribution in [0.2, 0.25) is 0 Å². The molecule has 0 fully saturated rings. The molecule has 1 aliphatic carbocycles. The average Bonchev–Trinajstić information content (AvgIpc) is 2.74. The first-order valence-corrected chi connectivity index (χ1v) is 7.73. The summed E-state index contributed by atoms with van der Waals surface area (Å²) in [4.78, 5) is 2.34. The maximum atomic E-state index is 12.1. The molecule has 0 radical (unpaired) electrons. The SMILES string of the molecule is CN(C)CCNS(=O)(=O)c1ccc2c(c1)CCC2. The van der Waals surface area contributed by atoms with E-state index in [-0.39, 0.29) is 0 Å². The van der Waals surface area contributed by atoms with E-state index < -0.39 is 10.0 Å². The van der Waals surface area contributed by atoms with Crippen LogP contribution in [0.15, 0.2) is 23.1 Å². The highest BCUT2D eigenvalue weighted by Crippen LogP contribution is 2.24. The second-order valence-electron chi connectivity index (χ2n) is 4.99. The van der Waals surface area contributed by atoms with Gasteiger partial charge in [-0.25, -0.2) is 13.1 Å². The van der Waals surface area contributed by atoms with Crippen molar-refractivity contribution in [3.8, 4) is 0 Å². The second kappa shape index (κ2) is 5.38. The molecule has 1 aromatic rings. The van der Waals surface area contributed by atoms with Crippen molar-refractivity contribution in [3.63, 3.8) is 0 Å². The number of hydrogen-bond acceptors (Lipinski definition) is 3. The van der Waals surface area contributed by atoms with Gasteiger partial charge in [0.05, 0.1) is 4.90 Å². The Balaban J connectivity index is 2.10. The lowest BCUT2D eigenvalue weighted by Gasteiger charge is -2.11. The predicted molar refractivity (Wildman–Crippen MR) is 72.2 cm³/mol. The van der Waals surface area contributed by atoms with Gasteiger partial charge in [0.1, 0.15) is 0 Å². The Labute approximate surface area is 109 Å². The van der Waals surface area contributed by atoms with Crippen LogP contribution in [0.4, 0.5) is 0 Å². The van der Waals surface area contributed by atoms with Crippen molar-refractivity contribution in [1.82, 2.24) is 9.62 Å². The summed E-state index contributed by atoms with van der Waals surface area (Å²) >= 11 is 0. The summed E-state index contributed by atoms with van der Waals surface area (Å²) in [5, 5.41) is 0. The third-order valence-corrected chi connectivity index (χ3v) is 4.69. The number of benzene rings is 1. The number of nitrogens with zero attached hydrogens (tertiary/aromatic N) is 1. The number of rotatable bonds is 5. The van der Waals surface area contributed by atoms with Crippen LogP contribution in [0.25, 0.3) is 0 Å². The monoisotopic (exact) mass is 268 g/mol. The Morgan fingerprint density at radius 3 is 2.67 bits per heavy atom. The lowest BCUT2D eigenvalue weighted by Crippen LogP contribution is -2.31. The molecule has 0 aromatic heterocycles. The smallest absolute Gasteiger partial charge is 0.240 e. The molecule has 0 unspecified atom stereocenters. The number of nitrogens with one attached hydrogen (secondary N) is 1. The summed E-state index contributed by atoms with van der Waals surface area (Å²) in [7, 11) is 0.486. The summed E-state index contributed by atoms with van der Waals surface area (Å²) in [5.41, 5.74) is 2.48. The van der Waals surface area contributed by atoms with E-state index in [0.717, 1.165) is 19.3 Å². The Bertz CT molecular complexity index is 524. The molecule has 5 heteroatoms. The van der Waals surface area contributed by atoms with Crippen molar-refractivity contribution >= 4 is 10.0 Å². The fraction of sp³-hybridized carbons (Fsp3) is 0.538. The zero-order chi connectivity index (χ0) is 13.2. The maximum Gasteiger partial charge on any atom is 0.240 e. The van der Waals surface area contributed by atoms with Gasteiger partial charge in [0, 0.05) is 13.1 Å². The lowest BCUT2D eigenvalue weighted by molar-refractivity contribution is 0.412. The molecule has 1 N–H and O–H groups in total. The molecule has 0 saturated carbocycles. The van der Waals surface area contributed by atoms with Crippen LogP contribution in [0.1, 0.15) is 17.5 Å². The first kappa shape index (κ1) is 13.5. The van der Waals surface area contributed by atoms with Gasteiger partial charge in [0.25, 0.3) is 0 Å². The molecule has 0 atom stereocenters. The average molecular weight is 268 g/mol. The van der Waals surface area contributed by atoms with Crippen LogP contribution < -0.4 is 4.72 Å². The first-order chi connectivity index (χ1) is 8.49. The molecule has 0 aliphatic heterocycles. The van der Waals surface area contributed by atoms with Crippen molar-refractivity contribution in [2.75, 3.05) is 27.2 Å². The third-order valence-electron chi connectivity index (χ3n) is 3.23. The van der Waals surface area contributed by atoms with Crippen LogP contribution in [-0.4, -0.2) is 40.5 Å². The lowest BCUT2D eigenvalue weighted by atomic mass is 10.1. The zero-order valence-electron chi connectivity index (χ0n) is 10.9. The van der Waals surface area contributed by atoms with E-state index in [2.05, 4.69) is 4.72 Å². The Kier molecular flexibility index (Phi) is 4.04. The molecule has 4 nitrogen and oxygen atoms in total. The topological polar surface area (TPSA) is 49.4 Å². The Hall–Kier alpha value is -0.910. The summed E-state index contributed by atoms with van der Waals surface area (Å²) in [6.07, 6.45) is 3.20. The number of hydrogen-bond donors (Lipinski definition) is 1. The van der Waals surface area contributed by atoms with Gasteiger partial charge in [0.15, 0.2) is 0 Å². The van der Waals surface area contributed by atoms with Gasteiger partial charge < -0.3 is 4.90 Å². The van der Waals surface area contributed by atoms with E-state index in [1.807, 2.05) is 31.1 Å². The number of sulfonamides is 1. The minimum Gasteiger partial charge on any atom is -0.308 e. The summed E-state index contributed by atoms with van der Waals surface area (Å²) in [5.74, 6) is 0. The van der Waals surface area contributed by atoms with Crippen molar-refractivity contribution in [2.24, 2.45) is 0 Å². The van der Waals surface area contributed by atoms with Crippen molar-refractivity contribution in [2.45, 2.75) is 24.2 Å². The van der Waals surface area contributed by atoms with Gasteiger partial charge in [0.2, 0.25) is 10.0 Å². The van der Waals surface area contributed by atoms with Crippen LogP contribution in [-0.2, 0) is 22.9 Å². The van der Waals surface area contributed by atoms with E-state index in [4.69, 9.17) is 0 Å². The highest BCUT2D eigenvalue weighted by atomic mass is 32.2. The molecule has 18 heavy (non-hydrogen) atoms. The van der Waals surface area contributed by atoms with Gasteiger partial charge in [-0.3, -0.25) is 0 Å². The minimum absolute atomic E-state index is 0.391. The number of fused-ring (bicyclic) bond motifs is 1. The number of aryl methyl sites for hydroxylation is 2. The molecule has 0 heterocycles. The third kappa shape index (κ3) is 3.10. The molecule has 0 amide bonds. The van der Waals surface area contributed by atoms with Gasteiger partial charge >= 0.3 is 0 Å². The van der Waals surface area contributed by atoms with Crippen LogP contribution in [0.5, 0.6) is 0 Å². The quantitative estimate of drug-likeness (QED) is 0.867. The standard InChI is InChI=1S/C13H20N2O2S/c1-15(2)9-8-14-18(16,17)13-7-6-11-4-3-5-12(11)10-13/h6-7,10,14H,3-5,8-9H2,1-2H3. The van der Waals surface area contributed by atoms with E-state index in [1.54, 1.807) is 6.07 Å². The molecule has 1 aromatic carbocycles.